The summed E-state index contributed by atoms with van der Waals surface area (Å²) in [5.74, 6) is 0.0693. The van der Waals surface area contributed by atoms with Crippen molar-refractivity contribution in [3.05, 3.63) is 44.6 Å². The Morgan fingerprint density at radius 2 is 2.24 bits per heavy atom. The summed E-state index contributed by atoms with van der Waals surface area (Å²) in [6.07, 6.45) is 5.16. The van der Waals surface area contributed by atoms with E-state index in [1.165, 1.54) is 4.52 Å². The van der Waals surface area contributed by atoms with Crippen LogP contribution < -0.4 is 21.8 Å². The molecule has 0 bridgehead atoms. The minimum absolute atomic E-state index is 0.225. The molecule has 13 heteroatoms. The quantitative estimate of drug-likeness (QED) is 0.321. The molecule has 0 amide bonds. The van der Waals surface area contributed by atoms with E-state index in [-0.39, 0.29) is 17.6 Å². The van der Waals surface area contributed by atoms with E-state index in [2.05, 4.69) is 45.7 Å². The number of nitrogens with zero attached hydrogens (tertiary/aromatic N) is 7. The van der Waals surface area contributed by atoms with Crippen LogP contribution in [0.1, 0.15) is 29.9 Å². The fourth-order valence-corrected chi connectivity index (χ4v) is 2.73. The smallest absolute Gasteiger partial charge is 0.326 e. The van der Waals surface area contributed by atoms with E-state index in [4.69, 9.17) is 4.63 Å². The van der Waals surface area contributed by atoms with Crippen LogP contribution in [0, 0.1) is 6.92 Å². The lowest BCUT2D eigenvalue weighted by Gasteiger charge is -2.03. The molecule has 13 nitrogen and oxygen atoms in total. The van der Waals surface area contributed by atoms with Crippen molar-refractivity contribution in [2.45, 2.75) is 32.4 Å². The van der Waals surface area contributed by atoms with E-state index in [1.54, 1.807) is 19.2 Å². The van der Waals surface area contributed by atoms with Crippen molar-refractivity contribution in [2.24, 2.45) is 4.99 Å². The topological polar surface area (TPSA) is 175 Å². The number of aromatic nitrogens is 8. The van der Waals surface area contributed by atoms with Crippen molar-refractivity contribution in [2.75, 3.05) is 5.32 Å². The second-order valence-electron chi connectivity index (χ2n) is 6.68. The summed E-state index contributed by atoms with van der Waals surface area (Å²) < 4.78 is 6.23. The van der Waals surface area contributed by atoms with Gasteiger partial charge in [-0.05, 0) is 25.8 Å². The van der Waals surface area contributed by atoms with Gasteiger partial charge in [0, 0.05) is 5.22 Å². The minimum atomic E-state index is -0.511. The molecule has 5 rings (SSSR count). The van der Waals surface area contributed by atoms with Crippen LogP contribution in [-0.4, -0.2) is 51.0 Å². The molecular weight excluding hydrogens is 380 g/mol. The van der Waals surface area contributed by atoms with Gasteiger partial charge in [0.15, 0.2) is 5.65 Å². The van der Waals surface area contributed by atoms with Crippen molar-refractivity contribution in [1.82, 2.24) is 39.9 Å². The summed E-state index contributed by atoms with van der Waals surface area (Å²) in [6, 6.07) is 0.227. The second-order valence-corrected chi connectivity index (χ2v) is 6.68. The zero-order valence-corrected chi connectivity index (χ0v) is 15.2. The minimum Gasteiger partial charge on any atom is -0.493 e. The van der Waals surface area contributed by atoms with Gasteiger partial charge < -0.3 is 15.4 Å². The molecule has 1 saturated carbocycles. The number of fused-ring (bicyclic) bond motifs is 1. The van der Waals surface area contributed by atoms with Gasteiger partial charge in [-0.3, -0.25) is 4.98 Å². The number of anilines is 1. The summed E-state index contributed by atoms with van der Waals surface area (Å²) >= 11 is 0. The Kier molecular flexibility index (Phi) is 3.86. The third-order valence-electron chi connectivity index (χ3n) is 4.42. The molecule has 0 aliphatic heterocycles. The van der Waals surface area contributed by atoms with Gasteiger partial charge in [0.1, 0.15) is 17.1 Å². The van der Waals surface area contributed by atoms with E-state index in [1.807, 2.05) is 0 Å². The zero-order valence-electron chi connectivity index (χ0n) is 15.2. The normalized spacial score (nSPS) is 15.5. The first kappa shape index (κ1) is 17.1. The fraction of sp³-hybridized carbons (Fsp3) is 0.312. The highest BCUT2D eigenvalue weighted by atomic mass is 16.6. The Balaban J connectivity index is 1.62. The number of hydrogen-bond donors (Lipinski definition) is 4. The average molecular weight is 396 g/mol. The number of H-pyrrole nitrogens is 2. The SMILES string of the molecule is Cc1nonc1CNc1nc(=NC2CC2)n2nc/c(=C\c3[nH]c(=O)[nH]c3O)c2n1. The van der Waals surface area contributed by atoms with E-state index in [9.17, 15) is 9.90 Å². The summed E-state index contributed by atoms with van der Waals surface area (Å²) in [5, 5.41) is 25.4. The van der Waals surface area contributed by atoms with Crippen molar-refractivity contribution >= 4 is 17.7 Å². The van der Waals surface area contributed by atoms with Crippen molar-refractivity contribution in [3.8, 4) is 5.88 Å². The van der Waals surface area contributed by atoms with Gasteiger partial charge in [-0.1, -0.05) is 10.3 Å². The van der Waals surface area contributed by atoms with Crippen LogP contribution in [0.3, 0.4) is 0 Å². The Morgan fingerprint density at radius 3 is 2.93 bits per heavy atom. The molecule has 0 saturated heterocycles. The molecule has 4 heterocycles. The fourth-order valence-electron chi connectivity index (χ4n) is 2.73. The second kappa shape index (κ2) is 6.54. The number of imidazole rings is 1. The molecule has 4 aromatic heterocycles. The highest BCUT2D eigenvalue weighted by Crippen LogP contribution is 2.22. The first-order valence-corrected chi connectivity index (χ1v) is 8.91. The van der Waals surface area contributed by atoms with Gasteiger partial charge in [0.25, 0.3) is 5.62 Å². The Hall–Kier alpha value is -4.03. The lowest BCUT2D eigenvalue weighted by atomic mass is 10.3. The maximum atomic E-state index is 11.4. The molecule has 4 aromatic rings. The van der Waals surface area contributed by atoms with Crippen molar-refractivity contribution in [1.29, 1.82) is 0 Å². The van der Waals surface area contributed by atoms with Crippen LogP contribution in [0.15, 0.2) is 20.6 Å². The molecular formula is C16H16N10O3. The van der Waals surface area contributed by atoms with Gasteiger partial charge in [-0.15, -0.1) is 0 Å². The van der Waals surface area contributed by atoms with Crippen LogP contribution in [-0.2, 0) is 6.54 Å². The van der Waals surface area contributed by atoms with Gasteiger partial charge in [0.2, 0.25) is 11.8 Å². The van der Waals surface area contributed by atoms with Crippen molar-refractivity contribution < 1.29 is 9.74 Å². The first-order valence-electron chi connectivity index (χ1n) is 8.91. The van der Waals surface area contributed by atoms with Gasteiger partial charge in [0.05, 0.1) is 18.8 Å². The molecule has 0 radical (unpaired) electrons. The zero-order chi connectivity index (χ0) is 20.0. The molecule has 4 N–H and O–H groups in total. The van der Waals surface area contributed by atoms with Gasteiger partial charge >= 0.3 is 5.69 Å². The van der Waals surface area contributed by atoms with Crippen LogP contribution in [0.2, 0.25) is 0 Å². The number of nitrogens with one attached hydrogen (secondary N) is 3. The molecule has 0 spiro atoms. The monoisotopic (exact) mass is 396 g/mol. The predicted octanol–water partition coefficient (Wildman–Crippen LogP) is -1.24. The van der Waals surface area contributed by atoms with E-state index < -0.39 is 5.69 Å². The van der Waals surface area contributed by atoms with Crippen molar-refractivity contribution in [3.63, 3.8) is 0 Å². The highest BCUT2D eigenvalue weighted by Gasteiger charge is 2.21. The first-order chi connectivity index (χ1) is 14.1. The third kappa shape index (κ3) is 3.33. The number of aryl methyl sites for hydroxylation is 1. The molecule has 148 valence electrons. The Bertz CT molecular complexity index is 1370. The van der Waals surface area contributed by atoms with E-state index >= 15 is 0 Å². The summed E-state index contributed by atoms with van der Waals surface area (Å²) in [4.78, 5) is 29.7. The standard InChI is InChI=1S/C16H16N10O3/c1-7-11(25-29-24-7)6-17-14-21-12-8(4-10-13(27)22-16(28)20-10)5-18-26(12)15(23-14)19-9-2-3-9/h4-5,9,27H,2-3,6H2,1H3,(H,17,19,23)(H2,20,22,28)/b8-4+. The number of aromatic amines is 2. The summed E-state index contributed by atoms with van der Waals surface area (Å²) in [5.41, 5.74) is 1.92. The predicted molar refractivity (Wildman–Crippen MR) is 97.6 cm³/mol. The number of hydrogen-bond acceptors (Lipinski definition) is 10. The lowest BCUT2D eigenvalue weighted by Crippen LogP contribution is -2.24. The highest BCUT2D eigenvalue weighted by molar-refractivity contribution is 5.57. The molecule has 29 heavy (non-hydrogen) atoms. The molecule has 0 atom stereocenters. The van der Waals surface area contributed by atoms with Crippen LogP contribution in [0.5, 0.6) is 5.88 Å². The molecule has 1 aliphatic rings. The largest absolute Gasteiger partial charge is 0.493 e. The van der Waals surface area contributed by atoms with Crippen LogP contribution in [0.25, 0.3) is 11.7 Å². The molecule has 0 aromatic carbocycles. The molecule has 0 unspecified atom stereocenters. The van der Waals surface area contributed by atoms with Crippen LogP contribution >= 0.6 is 0 Å². The van der Waals surface area contributed by atoms with Crippen LogP contribution in [0.4, 0.5) is 5.95 Å². The average Bonchev–Trinajstić information content (AvgIpc) is 3.11. The Labute approximate surface area is 161 Å². The lowest BCUT2D eigenvalue weighted by molar-refractivity contribution is 0.301. The molecule has 1 fully saturated rings. The number of rotatable bonds is 5. The maximum absolute atomic E-state index is 11.4. The Morgan fingerprint density at radius 1 is 1.38 bits per heavy atom. The summed E-state index contributed by atoms with van der Waals surface area (Å²) in [7, 11) is 0. The van der Waals surface area contributed by atoms with E-state index in [0.717, 1.165) is 12.8 Å². The summed E-state index contributed by atoms with van der Waals surface area (Å²) in [6.45, 7) is 2.12. The van der Waals surface area contributed by atoms with E-state index in [0.29, 0.717) is 40.4 Å². The maximum Gasteiger partial charge on any atom is 0.326 e. The van der Waals surface area contributed by atoms with Gasteiger partial charge in [-0.2, -0.15) is 19.6 Å². The molecule has 1 aliphatic carbocycles. The van der Waals surface area contributed by atoms with Gasteiger partial charge in [-0.25, -0.2) is 14.4 Å². The number of aromatic hydroxyl groups is 1. The third-order valence-corrected chi connectivity index (χ3v) is 4.42.